The third kappa shape index (κ3) is 8.63. The average molecular weight is 653 g/mol. The highest BCUT2D eigenvalue weighted by molar-refractivity contribution is 9.10. The molecule has 0 radical (unpaired) electrons. The Balaban J connectivity index is 1.36. The lowest BCUT2D eigenvalue weighted by Crippen LogP contribution is -2.49. The van der Waals surface area contributed by atoms with Crippen molar-refractivity contribution in [3.05, 3.63) is 69.6 Å². The molecule has 1 saturated heterocycles. The molecule has 1 unspecified atom stereocenters. The first-order valence-electron chi connectivity index (χ1n) is 12.7. The minimum atomic E-state index is -1.16. The molecule has 1 atom stereocenters. The van der Waals surface area contributed by atoms with Crippen LogP contribution in [0.1, 0.15) is 43.8 Å². The van der Waals surface area contributed by atoms with E-state index < -0.39 is 17.6 Å². The van der Waals surface area contributed by atoms with Crippen LogP contribution in [0.3, 0.4) is 0 Å². The van der Waals surface area contributed by atoms with Crippen LogP contribution in [0, 0.1) is 5.82 Å². The second-order valence-electron chi connectivity index (χ2n) is 10.2. The normalized spacial score (nSPS) is 15.5. The number of aliphatic hydroxyl groups excluding tert-OH is 1. The summed E-state index contributed by atoms with van der Waals surface area (Å²) in [6.45, 7) is 8.91. The van der Waals surface area contributed by atoms with Crippen molar-refractivity contribution in [1.82, 2.24) is 24.8 Å². The van der Waals surface area contributed by atoms with Gasteiger partial charge in [0.05, 0.1) is 10.2 Å². The van der Waals surface area contributed by atoms with Gasteiger partial charge < -0.3 is 24.6 Å². The van der Waals surface area contributed by atoms with Crippen LogP contribution >= 0.6 is 28.2 Å². The van der Waals surface area contributed by atoms with E-state index in [0.29, 0.717) is 30.9 Å². The molecule has 1 aromatic heterocycles. The third-order valence-corrected chi connectivity index (χ3v) is 6.89. The van der Waals surface area contributed by atoms with Gasteiger partial charge >= 0.3 is 6.09 Å². The zero-order chi connectivity index (χ0) is 29.6. The van der Waals surface area contributed by atoms with Gasteiger partial charge in [-0.3, -0.25) is 9.62 Å². The molecule has 3 aromatic rings. The summed E-state index contributed by atoms with van der Waals surface area (Å²) in [7, 11) is 0. The number of amidine groups is 1. The summed E-state index contributed by atoms with van der Waals surface area (Å²) in [5.74, 6) is -0.310. The molecular weight excluding hydrogens is 621 g/mol. The standard InChI is InChI=1S/C26H31BrFN7O5S/c1-26(2,3)39-25(37)35-12-10-34(11-13-35)15-16-4-6-17(7-5-16)24(36)30-22-21(31-40-32-22)23(33-41-38)29-18-8-9-20(28)19(27)14-18/h4-9,14,24,36,38H,10-13,15H2,1-3H3,(H,29,33)(H,30,32). The van der Waals surface area contributed by atoms with Crippen LogP contribution in [0.2, 0.25) is 0 Å². The number of anilines is 1. The Morgan fingerprint density at radius 3 is 2.54 bits per heavy atom. The summed E-state index contributed by atoms with van der Waals surface area (Å²) in [5, 5.41) is 21.3. The molecule has 1 fully saturated rings. The monoisotopic (exact) mass is 651 g/mol. The number of aliphatic hydroxyl groups is 1. The van der Waals surface area contributed by atoms with Crippen molar-refractivity contribution in [2.24, 2.45) is 4.99 Å². The maximum atomic E-state index is 13.6. The van der Waals surface area contributed by atoms with Crippen molar-refractivity contribution in [2.75, 3.05) is 31.5 Å². The number of aliphatic imine (C=N–C) groups is 1. The number of amides is 1. The van der Waals surface area contributed by atoms with Gasteiger partial charge in [0.2, 0.25) is 5.82 Å². The van der Waals surface area contributed by atoms with E-state index in [9.17, 15) is 18.8 Å². The molecule has 4 N–H and O–H groups in total. The van der Waals surface area contributed by atoms with E-state index >= 15 is 0 Å². The fourth-order valence-electron chi connectivity index (χ4n) is 3.98. The lowest BCUT2D eigenvalue weighted by Gasteiger charge is -2.35. The van der Waals surface area contributed by atoms with Crippen molar-refractivity contribution in [3.8, 4) is 0 Å². The Labute approximate surface area is 249 Å². The smallest absolute Gasteiger partial charge is 0.410 e. The molecule has 41 heavy (non-hydrogen) atoms. The van der Waals surface area contributed by atoms with Gasteiger partial charge in [0.1, 0.15) is 23.6 Å². The van der Waals surface area contributed by atoms with E-state index in [1.165, 1.54) is 18.2 Å². The van der Waals surface area contributed by atoms with E-state index in [2.05, 4.69) is 46.2 Å². The number of hydrogen-bond acceptors (Lipinski definition) is 11. The molecule has 12 nitrogen and oxygen atoms in total. The first kappa shape index (κ1) is 30.7. The Kier molecular flexibility index (Phi) is 10.2. The first-order chi connectivity index (χ1) is 19.5. The van der Waals surface area contributed by atoms with E-state index in [4.69, 9.17) is 9.37 Å². The molecule has 0 saturated carbocycles. The number of nitrogens with one attached hydrogen (secondary N) is 2. The molecule has 0 aliphatic carbocycles. The van der Waals surface area contributed by atoms with Crippen LogP contribution in [0.25, 0.3) is 0 Å². The Morgan fingerprint density at radius 2 is 1.90 bits per heavy atom. The number of hydrogen-bond donors (Lipinski definition) is 4. The molecule has 4 rings (SSSR count). The maximum Gasteiger partial charge on any atom is 0.410 e. The quantitative estimate of drug-likeness (QED) is 0.0865. The molecule has 1 amide bonds. The zero-order valence-electron chi connectivity index (χ0n) is 22.7. The summed E-state index contributed by atoms with van der Waals surface area (Å²) in [6.07, 6.45) is -1.45. The van der Waals surface area contributed by atoms with Crippen molar-refractivity contribution in [1.29, 1.82) is 0 Å². The van der Waals surface area contributed by atoms with E-state index in [1.54, 1.807) is 17.0 Å². The molecule has 2 heterocycles. The highest BCUT2D eigenvalue weighted by Gasteiger charge is 2.26. The summed E-state index contributed by atoms with van der Waals surface area (Å²) < 4.78 is 36.1. The number of halogens is 2. The van der Waals surface area contributed by atoms with E-state index in [-0.39, 0.29) is 40.1 Å². The molecule has 1 aliphatic heterocycles. The number of rotatable bonds is 8. The maximum absolute atomic E-state index is 13.6. The fourth-order valence-corrected chi connectivity index (χ4v) is 4.58. The van der Waals surface area contributed by atoms with Crippen LogP contribution in [0.4, 0.5) is 20.7 Å². The van der Waals surface area contributed by atoms with Gasteiger partial charge in [0.15, 0.2) is 17.8 Å². The topological polar surface area (TPSA) is 149 Å². The minimum Gasteiger partial charge on any atom is -0.444 e. The summed E-state index contributed by atoms with van der Waals surface area (Å²) in [4.78, 5) is 20.6. The largest absolute Gasteiger partial charge is 0.444 e. The molecule has 220 valence electrons. The Bertz CT molecular complexity index is 1360. The number of piperazine rings is 1. The Morgan fingerprint density at radius 1 is 1.20 bits per heavy atom. The lowest BCUT2D eigenvalue weighted by molar-refractivity contribution is 0.0139. The number of nitrogens with zero attached hydrogens (tertiary/aromatic N) is 5. The van der Waals surface area contributed by atoms with Gasteiger partial charge in [-0.2, -0.15) is 0 Å². The highest BCUT2D eigenvalue weighted by atomic mass is 79.9. The van der Waals surface area contributed by atoms with Gasteiger partial charge in [0, 0.05) is 38.3 Å². The second kappa shape index (κ2) is 13.6. The molecule has 15 heteroatoms. The van der Waals surface area contributed by atoms with Crippen molar-refractivity contribution < 1.29 is 28.2 Å². The minimum absolute atomic E-state index is 0.0640. The predicted molar refractivity (Wildman–Crippen MR) is 156 cm³/mol. The predicted octanol–water partition coefficient (Wildman–Crippen LogP) is 4.92. The van der Waals surface area contributed by atoms with E-state index in [1.807, 2.05) is 32.9 Å². The van der Waals surface area contributed by atoms with Crippen molar-refractivity contribution >= 4 is 51.6 Å². The average Bonchev–Trinajstić information content (AvgIpc) is 3.38. The van der Waals surface area contributed by atoms with Gasteiger partial charge in [-0.25, -0.2) is 18.8 Å². The van der Waals surface area contributed by atoms with Crippen LogP contribution in [-0.4, -0.2) is 73.5 Å². The van der Waals surface area contributed by atoms with Crippen LogP contribution in [0.5, 0.6) is 0 Å². The first-order valence-corrected chi connectivity index (χ1v) is 14.3. The van der Waals surface area contributed by atoms with Crippen molar-refractivity contribution in [2.45, 2.75) is 39.1 Å². The molecule has 1 aliphatic rings. The molecule has 2 aromatic carbocycles. The van der Waals surface area contributed by atoms with E-state index in [0.717, 1.165) is 18.7 Å². The second-order valence-corrected chi connectivity index (χ2v) is 11.5. The number of carbonyl (C=O) groups is 1. The van der Waals surface area contributed by atoms with Gasteiger partial charge in [-0.05, 0) is 70.8 Å². The van der Waals surface area contributed by atoms with Crippen LogP contribution in [0.15, 0.2) is 56.6 Å². The summed E-state index contributed by atoms with van der Waals surface area (Å²) in [5.41, 5.74) is 1.57. The number of carbonyl (C=O) groups excluding carboxylic acids is 1. The van der Waals surface area contributed by atoms with Gasteiger partial charge in [0.25, 0.3) is 0 Å². The lowest BCUT2D eigenvalue weighted by atomic mass is 10.1. The van der Waals surface area contributed by atoms with Crippen LogP contribution < -0.4 is 10.0 Å². The number of ether oxygens (including phenoxy) is 1. The Hall–Kier alpha value is -3.24. The van der Waals surface area contributed by atoms with Gasteiger partial charge in [-0.1, -0.05) is 24.3 Å². The number of benzene rings is 2. The number of aromatic nitrogens is 2. The summed E-state index contributed by atoms with van der Waals surface area (Å²) in [6, 6.07) is 11.6. The molecule has 0 spiro atoms. The van der Waals surface area contributed by atoms with Crippen LogP contribution in [-0.2, 0) is 11.3 Å². The molecular formula is C26H31BrFN7O5S. The van der Waals surface area contributed by atoms with Crippen molar-refractivity contribution in [3.63, 3.8) is 0 Å². The van der Waals surface area contributed by atoms with Gasteiger partial charge in [-0.15, -0.1) is 0 Å². The summed E-state index contributed by atoms with van der Waals surface area (Å²) >= 11 is 3.39. The molecule has 0 bridgehead atoms. The SMILES string of the molecule is CC(C)(C)OC(=O)N1CCN(Cc2ccc(C(O)Nc3nonc3C(=Nc3ccc(F)c(Br)c3)NSO)cc2)CC1. The highest BCUT2D eigenvalue weighted by Crippen LogP contribution is 2.25. The fraction of sp³-hybridized carbons (Fsp3) is 0.385. The zero-order valence-corrected chi connectivity index (χ0v) is 25.1. The third-order valence-electron chi connectivity index (χ3n) is 6.00.